The van der Waals surface area contributed by atoms with Crippen LogP contribution in [0.15, 0.2) is 65.0 Å². The number of anilines is 2. The molecule has 3 rings (SSSR count). The molecule has 128 valence electrons. The van der Waals surface area contributed by atoms with Crippen LogP contribution < -0.4 is 10.0 Å². The van der Waals surface area contributed by atoms with Crippen molar-refractivity contribution in [1.82, 2.24) is 4.98 Å². The Morgan fingerprint density at radius 1 is 1.08 bits per heavy atom. The summed E-state index contributed by atoms with van der Waals surface area (Å²) in [6.45, 7) is 0. The lowest BCUT2D eigenvalue weighted by Crippen LogP contribution is -2.14. The number of nitrogens with zero attached hydrogens (tertiary/aromatic N) is 1. The van der Waals surface area contributed by atoms with Gasteiger partial charge < -0.3 is 5.32 Å². The van der Waals surface area contributed by atoms with Crippen molar-refractivity contribution < 1.29 is 13.2 Å². The van der Waals surface area contributed by atoms with E-state index in [1.54, 1.807) is 29.6 Å². The molecule has 0 bridgehead atoms. The lowest BCUT2D eigenvalue weighted by molar-refractivity contribution is 0.102. The van der Waals surface area contributed by atoms with Gasteiger partial charge in [-0.3, -0.25) is 9.52 Å². The molecule has 0 unspecified atom stereocenters. The summed E-state index contributed by atoms with van der Waals surface area (Å²) in [5, 5.41) is 4.74. The molecule has 0 saturated heterocycles. The highest BCUT2D eigenvalue weighted by Gasteiger charge is 2.16. The number of amides is 1. The van der Waals surface area contributed by atoms with Crippen LogP contribution in [0.25, 0.3) is 0 Å². The van der Waals surface area contributed by atoms with E-state index in [2.05, 4.69) is 37.6 Å². The fraction of sp³-hybridized carbons (Fsp3) is 0. The zero-order chi connectivity index (χ0) is 17.9. The van der Waals surface area contributed by atoms with Crippen molar-refractivity contribution in [3.05, 3.63) is 69.2 Å². The average Bonchev–Trinajstić information content (AvgIpc) is 3.08. The number of aromatic nitrogens is 1. The van der Waals surface area contributed by atoms with Crippen molar-refractivity contribution >= 4 is 60.7 Å². The largest absolute Gasteiger partial charge is 0.322 e. The Labute approximate surface area is 162 Å². The number of halogens is 1. The van der Waals surface area contributed by atoms with Crippen LogP contribution in [0.1, 0.15) is 10.4 Å². The van der Waals surface area contributed by atoms with Crippen molar-refractivity contribution in [2.45, 2.75) is 4.90 Å². The first-order valence-electron chi connectivity index (χ1n) is 7.04. The van der Waals surface area contributed by atoms with E-state index in [4.69, 9.17) is 0 Å². The van der Waals surface area contributed by atoms with E-state index < -0.39 is 10.0 Å². The van der Waals surface area contributed by atoms with Gasteiger partial charge in [-0.15, -0.1) is 11.3 Å². The fourth-order valence-electron chi connectivity index (χ4n) is 2.01. The van der Waals surface area contributed by atoms with Crippen molar-refractivity contribution in [3.63, 3.8) is 0 Å². The SMILES string of the molecule is O=C(Nc1ccc(S(=O)(=O)Nc2nccs2)cc1)c1ccccc1I. The first kappa shape index (κ1) is 17.8. The molecule has 1 aromatic heterocycles. The Morgan fingerprint density at radius 3 is 2.44 bits per heavy atom. The van der Waals surface area contributed by atoms with Crippen LogP contribution >= 0.6 is 33.9 Å². The van der Waals surface area contributed by atoms with Crippen molar-refractivity contribution in [3.8, 4) is 0 Å². The Hall–Kier alpha value is -1.98. The second-order valence-corrected chi connectivity index (χ2v) is 8.64. The minimum absolute atomic E-state index is 0.0926. The number of thiazole rings is 1. The summed E-state index contributed by atoms with van der Waals surface area (Å²) in [4.78, 5) is 16.3. The molecule has 0 radical (unpaired) electrons. The average molecular weight is 485 g/mol. The molecule has 2 N–H and O–H groups in total. The maximum atomic E-state index is 12.3. The van der Waals surface area contributed by atoms with Crippen LogP contribution in [0, 0.1) is 3.57 Å². The zero-order valence-electron chi connectivity index (χ0n) is 12.6. The molecule has 0 aliphatic rings. The van der Waals surface area contributed by atoms with Gasteiger partial charge in [-0.05, 0) is 59.0 Å². The molecule has 9 heteroatoms. The van der Waals surface area contributed by atoms with E-state index >= 15 is 0 Å². The Bertz CT molecular complexity index is 988. The zero-order valence-corrected chi connectivity index (χ0v) is 16.4. The molecule has 1 heterocycles. The van der Waals surface area contributed by atoms with Crippen LogP contribution in [-0.4, -0.2) is 19.3 Å². The van der Waals surface area contributed by atoms with Crippen molar-refractivity contribution in [1.29, 1.82) is 0 Å². The monoisotopic (exact) mass is 485 g/mol. The number of hydrogen-bond acceptors (Lipinski definition) is 5. The summed E-state index contributed by atoms with van der Waals surface area (Å²) in [7, 11) is -3.70. The Kier molecular flexibility index (Phi) is 5.35. The summed E-state index contributed by atoms with van der Waals surface area (Å²) >= 11 is 3.29. The first-order chi connectivity index (χ1) is 12.0. The summed E-state index contributed by atoms with van der Waals surface area (Å²) < 4.78 is 27.8. The van der Waals surface area contributed by atoms with Gasteiger partial charge in [-0.2, -0.15) is 0 Å². The summed E-state index contributed by atoms with van der Waals surface area (Å²) in [6, 6.07) is 13.2. The van der Waals surface area contributed by atoms with Crippen LogP contribution in [0.3, 0.4) is 0 Å². The van der Waals surface area contributed by atoms with Gasteiger partial charge in [0.05, 0.1) is 10.5 Å². The van der Waals surface area contributed by atoms with Gasteiger partial charge >= 0.3 is 0 Å². The number of carbonyl (C=O) groups excluding carboxylic acids is 1. The topological polar surface area (TPSA) is 88.2 Å². The Balaban J connectivity index is 1.74. The third kappa shape index (κ3) is 4.35. The molecule has 0 spiro atoms. The summed E-state index contributed by atoms with van der Waals surface area (Å²) in [5.41, 5.74) is 1.07. The van der Waals surface area contributed by atoms with Gasteiger partial charge in [-0.25, -0.2) is 13.4 Å². The second kappa shape index (κ2) is 7.50. The minimum Gasteiger partial charge on any atom is -0.322 e. The molecule has 0 atom stereocenters. The number of nitrogens with one attached hydrogen (secondary N) is 2. The molecular formula is C16H12IN3O3S2. The lowest BCUT2D eigenvalue weighted by Gasteiger charge is -2.09. The molecule has 0 fully saturated rings. The van der Waals surface area contributed by atoms with Crippen LogP contribution in [-0.2, 0) is 10.0 Å². The van der Waals surface area contributed by atoms with Crippen LogP contribution in [0.2, 0.25) is 0 Å². The highest BCUT2D eigenvalue weighted by Crippen LogP contribution is 2.20. The number of carbonyl (C=O) groups is 1. The van der Waals surface area contributed by atoms with E-state index in [-0.39, 0.29) is 10.8 Å². The lowest BCUT2D eigenvalue weighted by atomic mass is 10.2. The smallest absolute Gasteiger partial charge is 0.263 e. The number of hydrogen-bond donors (Lipinski definition) is 2. The molecule has 1 amide bonds. The molecule has 2 aromatic carbocycles. The van der Waals surface area contributed by atoms with Gasteiger partial charge in [0.25, 0.3) is 15.9 Å². The molecule has 25 heavy (non-hydrogen) atoms. The Morgan fingerprint density at radius 2 is 1.80 bits per heavy atom. The summed E-state index contributed by atoms with van der Waals surface area (Å²) in [6.07, 6.45) is 1.52. The van der Waals surface area contributed by atoms with Crippen molar-refractivity contribution in [2.24, 2.45) is 0 Å². The van der Waals surface area contributed by atoms with Gasteiger partial charge in [0.2, 0.25) is 0 Å². The number of rotatable bonds is 5. The van der Waals surface area contributed by atoms with Crippen LogP contribution in [0.4, 0.5) is 10.8 Å². The number of sulfonamides is 1. The van der Waals surface area contributed by atoms with E-state index in [0.29, 0.717) is 16.4 Å². The van der Waals surface area contributed by atoms with Gasteiger partial charge in [0.1, 0.15) is 0 Å². The predicted molar refractivity (Wildman–Crippen MR) is 106 cm³/mol. The quantitative estimate of drug-likeness (QED) is 0.539. The van der Waals surface area contributed by atoms with E-state index in [9.17, 15) is 13.2 Å². The van der Waals surface area contributed by atoms with Gasteiger partial charge in [-0.1, -0.05) is 12.1 Å². The molecule has 0 aliphatic carbocycles. The molecule has 3 aromatic rings. The second-order valence-electron chi connectivity index (χ2n) is 4.90. The number of benzene rings is 2. The summed E-state index contributed by atoms with van der Waals surface area (Å²) in [5.74, 6) is -0.249. The predicted octanol–water partition coefficient (Wildman–Crippen LogP) is 3.80. The molecule has 6 nitrogen and oxygen atoms in total. The van der Waals surface area contributed by atoms with E-state index in [0.717, 1.165) is 3.57 Å². The molecular weight excluding hydrogens is 473 g/mol. The van der Waals surface area contributed by atoms with Gasteiger partial charge in [0.15, 0.2) is 5.13 Å². The normalized spacial score (nSPS) is 11.1. The van der Waals surface area contributed by atoms with E-state index in [1.165, 1.54) is 29.7 Å². The fourth-order valence-corrected chi connectivity index (χ4v) is 4.43. The maximum absolute atomic E-state index is 12.3. The van der Waals surface area contributed by atoms with Crippen LogP contribution in [0.5, 0.6) is 0 Å². The van der Waals surface area contributed by atoms with Gasteiger partial charge in [0, 0.05) is 20.8 Å². The standard InChI is InChI=1S/C16H12IN3O3S2/c17-14-4-2-1-3-13(14)15(21)19-11-5-7-12(8-6-11)25(22,23)20-16-18-9-10-24-16/h1-10H,(H,18,20)(H,19,21). The van der Waals surface area contributed by atoms with Crippen molar-refractivity contribution in [2.75, 3.05) is 10.0 Å². The minimum atomic E-state index is -3.70. The molecule has 0 aliphatic heterocycles. The highest BCUT2D eigenvalue weighted by atomic mass is 127. The molecule has 0 saturated carbocycles. The third-order valence-electron chi connectivity index (χ3n) is 3.19. The third-order valence-corrected chi connectivity index (χ3v) is 6.31. The van der Waals surface area contributed by atoms with E-state index in [1.807, 2.05) is 12.1 Å². The highest BCUT2D eigenvalue weighted by molar-refractivity contribution is 14.1. The maximum Gasteiger partial charge on any atom is 0.263 e. The first-order valence-corrected chi connectivity index (χ1v) is 10.5.